The fourth-order valence-electron chi connectivity index (χ4n) is 2.50. The van der Waals surface area contributed by atoms with E-state index in [2.05, 4.69) is 17.1 Å². The largest absolute Gasteiger partial charge is 0.497 e. The minimum atomic E-state index is -0.270. The number of methoxy groups -OCH3 is 1. The van der Waals surface area contributed by atoms with E-state index in [9.17, 15) is 4.79 Å². The molecule has 1 heterocycles. The second kappa shape index (κ2) is 6.46. The number of nitrogens with zero attached hydrogens (tertiary/aromatic N) is 1. The summed E-state index contributed by atoms with van der Waals surface area (Å²) in [4.78, 5) is 14.3. The van der Waals surface area contributed by atoms with Crippen LogP contribution in [0.1, 0.15) is 13.8 Å². The van der Waals surface area contributed by atoms with Gasteiger partial charge in [-0.1, -0.05) is 19.1 Å². The molecule has 20 heavy (non-hydrogen) atoms. The van der Waals surface area contributed by atoms with Crippen LogP contribution in [0.4, 0.5) is 5.69 Å². The molecule has 0 unspecified atom stereocenters. The Balaban J connectivity index is 2.26. The number of ether oxygens (including phenoxy) is 2. The van der Waals surface area contributed by atoms with Crippen LogP contribution in [0.2, 0.25) is 0 Å². The number of benzene rings is 1. The third-order valence-electron chi connectivity index (χ3n) is 3.51. The lowest BCUT2D eigenvalue weighted by Gasteiger charge is -2.36. The van der Waals surface area contributed by atoms with Gasteiger partial charge in [-0.3, -0.25) is 0 Å². The molecule has 0 saturated carbocycles. The number of carbonyl (C=O) groups is 1. The standard InChI is InChI=1S/C16H21NO3/c1-4-20-16(18)15-12(2)6-5-11-17(15)13-7-9-14(19-3)10-8-13/h5-10,12,15H,4,11H2,1-3H3/t12-,15+/m0/s1. The van der Waals surface area contributed by atoms with Crippen molar-refractivity contribution in [3.63, 3.8) is 0 Å². The number of carbonyl (C=O) groups excluding carboxylic acids is 1. The van der Waals surface area contributed by atoms with Crippen LogP contribution in [-0.2, 0) is 9.53 Å². The summed E-state index contributed by atoms with van der Waals surface area (Å²) >= 11 is 0. The third-order valence-corrected chi connectivity index (χ3v) is 3.51. The van der Waals surface area contributed by atoms with Gasteiger partial charge >= 0.3 is 5.97 Å². The monoisotopic (exact) mass is 275 g/mol. The average Bonchev–Trinajstić information content (AvgIpc) is 2.47. The van der Waals surface area contributed by atoms with Gasteiger partial charge in [-0.25, -0.2) is 4.79 Å². The molecule has 0 amide bonds. The highest BCUT2D eigenvalue weighted by atomic mass is 16.5. The summed E-state index contributed by atoms with van der Waals surface area (Å²) in [7, 11) is 1.64. The van der Waals surface area contributed by atoms with Crippen molar-refractivity contribution in [1.29, 1.82) is 0 Å². The average molecular weight is 275 g/mol. The smallest absolute Gasteiger partial charge is 0.329 e. The molecule has 0 N–H and O–H groups in total. The van der Waals surface area contributed by atoms with Gasteiger partial charge in [0.25, 0.3) is 0 Å². The molecule has 0 aromatic heterocycles. The Bertz CT molecular complexity index is 481. The highest BCUT2D eigenvalue weighted by Gasteiger charge is 2.33. The summed E-state index contributed by atoms with van der Waals surface area (Å²) < 4.78 is 10.4. The van der Waals surface area contributed by atoms with E-state index in [0.29, 0.717) is 13.2 Å². The van der Waals surface area contributed by atoms with E-state index in [1.807, 2.05) is 38.1 Å². The summed E-state index contributed by atoms with van der Waals surface area (Å²) in [6, 6.07) is 7.47. The van der Waals surface area contributed by atoms with Gasteiger partial charge in [-0.2, -0.15) is 0 Å². The first-order valence-corrected chi connectivity index (χ1v) is 6.91. The molecule has 0 radical (unpaired) electrons. The van der Waals surface area contributed by atoms with Crippen LogP contribution in [0.25, 0.3) is 0 Å². The topological polar surface area (TPSA) is 38.8 Å². The lowest BCUT2D eigenvalue weighted by Crippen LogP contribution is -2.48. The number of anilines is 1. The quantitative estimate of drug-likeness (QED) is 0.625. The minimum Gasteiger partial charge on any atom is -0.497 e. The van der Waals surface area contributed by atoms with Crippen LogP contribution in [0.15, 0.2) is 36.4 Å². The van der Waals surface area contributed by atoms with Gasteiger partial charge in [0.05, 0.1) is 13.7 Å². The highest BCUT2D eigenvalue weighted by Crippen LogP contribution is 2.27. The van der Waals surface area contributed by atoms with Gasteiger partial charge in [0.15, 0.2) is 0 Å². The summed E-state index contributed by atoms with van der Waals surface area (Å²) in [6.45, 7) is 4.98. The molecule has 4 heteroatoms. The molecule has 1 aliphatic rings. The Labute approximate surface area is 120 Å². The molecular weight excluding hydrogens is 254 g/mol. The van der Waals surface area contributed by atoms with Crippen molar-refractivity contribution in [2.75, 3.05) is 25.2 Å². The van der Waals surface area contributed by atoms with Crippen LogP contribution in [0, 0.1) is 5.92 Å². The second-order valence-electron chi connectivity index (χ2n) is 4.83. The maximum atomic E-state index is 12.2. The van der Waals surface area contributed by atoms with Crippen LogP contribution in [-0.4, -0.2) is 32.3 Å². The van der Waals surface area contributed by atoms with E-state index in [-0.39, 0.29) is 17.9 Å². The summed E-state index contributed by atoms with van der Waals surface area (Å²) in [6.07, 6.45) is 4.16. The lowest BCUT2D eigenvalue weighted by molar-refractivity contribution is -0.145. The molecule has 4 nitrogen and oxygen atoms in total. The van der Waals surface area contributed by atoms with E-state index in [0.717, 1.165) is 11.4 Å². The normalized spacial score (nSPS) is 21.6. The zero-order valence-corrected chi connectivity index (χ0v) is 12.2. The predicted molar refractivity (Wildman–Crippen MR) is 79.1 cm³/mol. The van der Waals surface area contributed by atoms with Crippen molar-refractivity contribution in [2.24, 2.45) is 5.92 Å². The Kier molecular flexibility index (Phi) is 4.66. The number of hydrogen-bond donors (Lipinski definition) is 0. The summed E-state index contributed by atoms with van der Waals surface area (Å²) in [5, 5.41) is 0. The Morgan fingerprint density at radius 1 is 1.35 bits per heavy atom. The number of rotatable bonds is 4. The molecule has 108 valence electrons. The zero-order chi connectivity index (χ0) is 14.5. The minimum absolute atomic E-state index is 0.130. The molecule has 1 aliphatic heterocycles. The van der Waals surface area contributed by atoms with E-state index < -0.39 is 0 Å². The molecule has 0 saturated heterocycles. The van der Waals surface area contributed by atoms with Crippen molar-refractivity contribution in [3.8, 4) is 5.75 Å². The first-order valence-electron chi connectivity index (χ1n) is 6.91. The SMILES string of the molecule is CCOC(=O)[C@H]1[C@@H](C)C=CCN1c1ccc(OC)cc1. The second-order valence-corrected chi connectivity index (χ2v) is 4.83. The Morgan fingerprint density at radius 2 is 2.05 bits per heavy atom. The summed E-state index contributed by atoms with van der Waals surface area (Å²) in [5.41, 5.74) is 1.00. The van der Waals surface area contributed by atoms with Crippen LogP contribution in [0.3, 0.4) is 0 Å². The Morgan fingerprint density at radius 3 is 2.65 bits per heavy atom. The predicted octanol–water partition coefficient (Wildman–Crippen LogP) is 2.64. The molecule has 2 atom stereocenters. The van der Waals surface area contributed by atoms with Crippen LogP contribution < -0.4 is 9.64 Å². The lowest BCUT2D eigenvalue weighted by atomic mass is 9.95. The van der Waals surface area contributed by atoms with E-state index in [1.165, 1.54) is 0 Å². The molecule has 0 aliphatic carbocycles. The maximum absolute atomic E-state index is 12.2. The third kappa shape index (κ3) is 2.95. The fourth-order valence-corrected chi connectivity index (χ4v) is 2.50. The van der Waals surface area contributed by atoms with Gasteiger partial charge in [0, 0.05) is 18.2 Å². The molecule has 0 spiro atoms. The van der Waals surface area contributed by atoms with Crippen molar-refractivity contribution >= 4 is 11.7 Å². The fraction of sp³-hybridized carbons (Fsp3) is 0.438. The molecule has 1 aromatic carbocycles. The van der Waals surface area contributed by atoms with Crippen molar-refractivity contribution < 1.29 is 14.3 Å². The van der Waals surface area contributed by atoms with Crippen LogP contribution in [0.5, 0.6) is 5.75 Å². The number of hydrogen-bond acceptors (Lipinski definition) is 4. The van der Waals surface area contributed by atoms with Crippen molar-refractivity contribution in [1.82, 2.24) is 0 Å². The van der Waals surface area contributed by atoms with Crippen LogP contribution >= 0.6 is 0 Å². The maximum Gasteiger partial charge on any atom is 0.329 e. The molecule has 1 aromatic rings. The van der Waals surface area contributed by atoms with Gasteiger partial charge < -0.3 is 14.4 Å². The van der Waals surface area contributed by atoms with E-state index in [4.69, 9.17) is 9.47 Å². The first-order chi connectivity index (χ1) is 9.67. The molecular formula is C16H21NO3. The molecule has 0 fully saturated rings. The molecule has 0 bridgehead atoms. The van der Waals surface area contributed by atoms with E-state index >= 15 is 0 Å². The highest BCUT2D eigenvalue weighted by molar-refractivity contribution is 5.81. The molecule has 2 rings (SSSR count). The van der Waals surface area contributed by atoms with Crippen molar-refractivity contribution in [2.45, 2.75) is 19.9 Å². The van der Waals surface area contributed by atoms with Gasteiger partial charge in [-0.05, 0) is 31.2 Å². The zero-order valence-electron chi connectivity index (χ0n) is 12.2. The summed E-state index contributed by atoms with van der Waals surface area (Å²) in [5.74, 6) is 0.770. The first kappa shape index (κ1) is 14.4. The van der Waals surface area contributed by atoms with E-state index in [1.54, 1.807) is 7.11 Å². The van der Waals surface area contributed by atoms with Crippen molar-refractivity contribution in [3.05, 3.63) is 36.4 Å². The Hall–Kier alpha value is -1.97. The van der Waals surface area contributed by atoms with Gasteiger partial charge in [0.1, 0.15) is 11.8 Å². The van der Waals surface area contributed by atoms with Gasteiger partial charge in [-0.15, -0.1) is 0 Å². The van der Waals surface area contributed by atoms with Gasteiger partial charge in [0.2, 0.25) is 0 Å². The number of esters is 1.